The van der Waals surface area contributed by atoms with Gasteiger partial charge in [-0.1, -0.05) is 34.1 Å². The number of esters is 1. The van der Waals surface area contributed by atoms with Crippen LogP contribution in [-0.2, 0) is 23.9 Å². The van der Waals surface area contributed by atoms with Gasteiger partial charge in [-0.3, -0.25) is 14.4 Å². The third kappa shape index (κ3) is 3.63. The lowest BCUT2D eigenvalue weighted by Crippen LogP contribution is -2.59. The van der Waals surface area contributed by atoms with Gasteiger partial charge >= 0.3 is 5.97 Å². The van der Waals surface area contributed by atoms with Crippen LogP contribution in [0.5, 0.6) is 0 Å². The van der Waals surface area contributed by atoms with Gasteiger partial charge in [0, 0.05) is 6.04 Å². The Morgan fingerprint density at radius 2 is 1.94 bits per heavy atom. The van der Waals surface area contributed by atoms with Crippen molar-refractivity contribution in [3.63, 3.8) is 0 Å². The van der Waals surface area contributed by atoms with Gasteiger partial charge in [0.15, 0.2) is 0 Å². The number of aliphatic hydroxyl groups excluding tert-OH is 1. The van der Waals surface area contributed by atoms with Gasteiger partial charge in [0.2, 0.25) is 11.8 Å². The molecule has 2 bridgehead atoms. The predicted octanol–water partition coefficient (Wildman–Crippen LogP) is 2.03. The summed E-state index contributed by atoms with van der Waals surface area (Å²) in [7, 11) is 0. The number of nitrogens with zero attached hydrogens (tertiary/aromatic N) is 1. The molecule has 0 aromatic carbocycles. The molecule has 3 heterocycles. The molecular formula is C24H40N2O6. The van der Waals surface area contributed by atoms with E-state index < -0.39 is 41.1 Å². The first kappa shape index (κ1) is 25.0. The fourth-order valence-corrected chi connectivity index (χ4v) is 6.35. The highest BCUT2D eigenvalue weighted by atomic mass is 16.6. The summed E-state index contributed by atoms with van der Waals surface area (Å²) >= 11 is 0. The van der Waals surface area contributed by atoms with Crippen LogP contribution in [0, 0.1) is 17.8 Å². The minimum absolute atomic E-state index is 0.0499. The fourth-order valence-electron chi connectivity index (χ4n) is 6.35. The van der Waals surface area contributed by atoms with E-state index in [9.17, 15) is 19.5 Å². The van der Waals surface area contributed by atoms with Crippen LogP contribution in [0.4, 0.5) is 0 Å². The minimum Gasteiger partial charge on any atom is -0.466 e. The van der Waals surface area contributed by atoms with Crippen LogP contribution in [0.15, 0.2) is 0 Å². The van der Waals surface area contributed by atoms with Crippen LogP contribution in [-0.4, -0.2) is 70.3 Å². The smallest absolute Gasteiger partial charge is 0.312 e. The van der Waals surface area contributed by atoms with Crippen molar-refractivity contribution in [2.45, 2.75) is 103 Å². The van der Waals surface area contributed by atoms with E-state index in [1.54, 1.807) is 6.92 Å². The van der Waals surface area contributed by atoms with E-state index in [4.69, 9.17) is 9.47 Å². The highest BCUT2D eigenvalue weighted by Gasteiger charge is 2.79. The van der Waals surface area contributed by atoms with Crippen LogP contribution >= 0.6 is 0 Å². The van der Waals surface area contributed by atoms with E-state index in [2.05, 4.69) is 12.2 Å². The maximum Gasteiger partial charge on any atom is 0.312 e. The number of fused-ring (bicyclic) bond motifs is 1. The van der Waals surface area contributed by atoms with Crippen molar-refractivity contribution in [2.75, 3.05) is 13.2 Å². The highest BCUT2D eigenvalue weighted by Crippen LogP contribution is 2.64. The van der Waals surface area contributed by atoms with Crippen molar-refractivity contribution in [1.82, 2.24) is 10.2 Å². The monoisotopic (exact) mass is 452 g/mol. The molecule has 1 spiro atoms. The van der Waals surface area contributed by atoms with Gasteiger partial charge < -0.3 is 24.8 Å². The second kappa shape index (κ2) is 9.29. The standard InChI is InChI=1S/C24H40N2O6/c1-7-10-15(6)25-20(28)19-24-12-11-23(8-2,32-24)18(22(30)31-9-3)17(24)21(29)26(19)16(13-27)14(4)5/h14-19,27H,7-13H2,1-6H3,(H,25,28)/t15?,16-,17-,18+,19?,23-,24?/m0/s1. The molecule has 0 radical (unpaired) electrons. The molecule has 0 aliphatic carbocycles. The van der Waals surface area contributed by atoms with Crippen LogP contribution in [0.3, 0.4) is 0 Å². The largest absolute Gasteiger partial charge is 0.466 e. The molecule has 8 nitrogen and oxygen atoms in total. The number of ether oxygens (including phenoxy) is 2. The van der Waals surface area contributed by atoms with E-state index in [1.807, 2.05) is 27.7 Å². The Morgan fingerprint density at radius 1 is 1.25 bits per heavy atom. The summed E-state index contributed by atoms with van der Waals surface area (Å²) in [5.74, 6) is -2.57. The minimum atomic E-state index is -1.08. The van der Waals surface area contributed by atoms with E-state index in [1.165, 1.54) is 4.90 Å². The average molecular weight is 453 g/mol. The molecule has 32 heavy (non-hydrogen) atoms. The Morgan fingerprint density at radius 3 is 2.47 bits per heavy atom. The van der Waals surface area contributed by atoms with Crippen molar-refractivity contribution in [3.05, 3.63) is 0 Å². The number of hydrogen-bond donors (Lipinski definition) is 2. The third-order valence-electron chi connectivity index (χ3n) is 7.83. The van der Waals surface area contributed by atoms with Crippen molar-refractivity contribution >= 4 is 17.8 Å². The van der Waals surface area contributed by atoms with E-state index in [-0.39, 0.29) is 37.0 Å². The zero-order valence-corrected chi connectivity index (χ0v) is 20.3. The van der Waals surface area contributed by atoms with Gasteiger partial charge in [-0.05, 0) is 45.4 Å². The van der Waals surface area contributed by atoms with Crippen molar-refractivity contribution in [2.24, 2.45) is 17.8 Å². The SMILES string of the molecule is CCCC(C)NC(=O)C1N([C@@H](CO)C(C)C)C(=O)[C@@H]2[C@H](C(=O)OCC)[C@]3(CC)CCC12O3. The lowest BCUT2D eigenvalue weighted by molar-refractivity contribution is -0.162. The number of rotatable bonds is 10. The van der Waals surface area contributed by atoms with Crippen molar-refractivity contribution < 1.29 is 29.0 Å². The Labute approximate surface area is 191 Å². The molecule has 3 aliphatic heterocycles. The molecule has 182 valence electrons. The molecule has 2 N–H and O–H groups in total. The Bertz CT molecular complexity index is 742. The molecule has 0 aromatic rings. The number of amides is 2. The van der Waals surface area contributed by atoms with Gasteiger partial charge in [-0.25, -0.2) is 0 Å². The molecule has 3 unspecified atom stereocenters. The van der Waals surface area contributed by atoms with E-state index in [0.29, 0.717) is 19.3 Å². The molecule has 2 amide bonds. The average Bonchev–Trinajstić information content (AvgIpc) is 3.33. The number of nitrogens with one attached hydrogen (secondary N) is 1. The maximum absolute atomic E-state index is 13.9. The fraction of sp³-hybridized carbons (Fsp3) is 0.875. The Balaban J connectivity index is 2.09. The van der Waals surface area contributed by atoms with E-state index >= 15 is 0 Å². The van der Waals surface area contributed by atoms with Gasteiger partial charge in [-0.15, -0.1) is 0 Å². The van der Waals surface area contributed by atoms with Crippen LogP contribution in [0.2, 0.25) is 0 Å². The summed E-state index contributed by atoms with van der Waals surface area (Å²) in [6.45, 7) is 11.5. The Kier molecular flexibility index (Phi) is 7.25. The Hall–Kier alpha value is -1.67. The van der Waals surface area contributed by atoms with Gasteiger partial charge in [-0.2, -0.15) is 0 Å². The lowest BCUT2D eigenvalue weighted by atomic mass is 9.65. The molecule has 0 aromatic heterocycles. The summed E-state index contributed by atoms with van der Waals surface area (Å²) in [5, 5.41) is 13.2. The quantitative estimate of drug-likeness (QED) is 0.492. The molecule has 3 saturated heterocycles. The summed E-state index contributed by atoms with van der Waals surface area (Å²) in [6.07, 6.45) is 3.44. The first-order chi connectivity index (χ1) is 15.1. The highest BCUT2D eigenvalue weighted by molar-refractivity contribution is 5.98. The molecule has 8 heteroatoms. The van der Waals surface area contributed by atoms with Gasteiger partial charge in [0.25, 0.3) is 0 Å². The summed E-state index contributed by atoms with van der Waals surface area (Å²) in [4.78, 5) is 42.2. The molecule has 3 fully saturated rings. The normalized spacial score (nSPS) is 35.2. The third-order valence-corrected chi connectivity index (χ3v) is 7.83. The number of aliphatic hydroxyl groups is 1. The second-order valence-corrected chi connectivity index (χ2v) is 10.0. The van der Waals surface area contributed by atoms with Crippen LogP contribution < -0.4 is 5.32 Å². The number of carbonyl (C=O) groups is 3. The van der Waals surface area contributed by atoms with Crippen LogP contribution in [0.25, 0.3) is 0 Å². The predicted molar refractivity (Wildman–Crippen MR) is 119 cm³/mol. The van der Waals surface area contributed by atoms with Crippen molar-refractivity contribution in [3.8, 4) is 0 Å². The molecule has 3 aliphatic rings. The molecule has 3 rings (SSSR count). The number of likely N-dealkylation sites (tertiary alicyclic amines) is 1. The molecule has 0 saturated carbocycles. The maximum atomic E-state index is 13.9. The zero-order valence-electron chi connectivity index (χ0n) is 20.3. The first-order valence-electron chi connectivity index (χ1n) is 12.2. The number of carbonyl (C=O) groups excluding carboxylic acids is 3. The lowest BCUT2D eigenvalue weighted by Gasteiger charge is -2.39. The summed E-state index contributed by atoms with van der Waals surface area (Å²) in [6, 6.07) is -1.47. The summed E-state index contributed by atoms with van der Waals surface area (Å²) in [5.41, 5.74) is -1.87. The second-order valence-electron chi connectivity index (χ2n) is 10.0. The zero-order chi connectivity index (χ0) is 23.8. The summed E-state index contributed by atoms with van der Waals surface area (Å²) < 4.78 is 12.0. The van der Waals surface area contributed by atoms with E-state index in [0.717, 1.165) is 12.8 Å². The number of hydrogen-bond acceptors (Lipinski definition) is 6. The topological polar surface area (TPSA) is 105 Å². The molecular weight excluding hydrogens is 412 g/mol. The molecule has 7 atom stereocenters. The van der Waals surface area contributed by atoms with Gasteiger partial charge in [0.1, 0.15) is 17.6 Å². The van der Waals surface area contributed by atoms with Crippen molar-refractivity contribution in [1.29, 1.82) is 0 Å². The van der Waals surface area contributed by atoms with Gasteiger partial charge in [0.05, 0.1) is 30.8 Å². The first-order valence-corrected chi connectivity index (χ1v) is 12.2. The van der Waals surface area contributed by atoms with Crippen LogP contribution in [0.1, 0.15) is 73.6 Å².